The van der Waals surface area contributed by atoms with Crippen LogP contribution in [0.15, 0.2) is 47.3 Å². The van der Waals surface area contributed by atoms with Gasteiger partial charge in [-0.2, -0.15) is 5.26 Å². The van der Waals surface area contributed by atoms with Gasteiger partial charge in [0.25, 0.3) is 5.56 Å². The topological polar surface area (TPSA) is 65.2 Å². The van der Waals surface area contributed by atoms with E-state index in [0.717, 1.165) is 24.3 Å². The highest BCUT2D eigenvalue weighted by atomic mass is 16.1. The summed E-state index contributed by atoms with van der Waals surface area (Å²) in [5, 5.41) is 10.1. The molecule has 2 atom stereocenters. The summed E-state index contributed by atoms with van der Waals surface area (Å²) >= 11 is 0. The third-order valence-corrected chi connectivity index (χ3v) is 11.0. The smallest absolute Gasteiger partial charge is 0.261 e. The molecular weight excluding hydrogens is 590 g/mol. The molecule has 0 amide bonds. The summed E-state index contributed by atoms with van der Waals surface area (Å²) in [6, 6.07) is 16.4. The minimum absolute atomic E-state index is 0.0376. The van der Waals surface area contributed by atoms with Crippen LogP contribution in [0.3, 0.4) is 0 Å². The van der Waals surface area contributed by atoms with Gasteiger partial charge in [0.2, 0.25) is 0 Å². The molecule has 6 nitrogen and oxygen atoms in total. The van der Waals surface area contributed by atoms with E-state index in [0.29, 0.717) is 28.3 Å². The number of aromatic nitrogens is 2. The third kappa shape index (κ3) is 10.7. The van der Waals surface area contributed by atoms with Gasteiger partial charge in [0.05, 0.1) is 22.5 Å². The van der Waals surface area contributed by atoms with E-state index in [1.165, 1.54) is 148 Å². The lowest BCUT2D eigenvalue weighted by Crippen LogP contribution is -2.37. The van der Waals surface area contributed by atoms with Crippen LogP contribution in [0.5, 0.6) is 0 Å². The average molecular weight is 652 g/mol. The Bertz CT molecular complexity index is 1510. The van der Waals surface area contributed by atoms with Crippen molar-refractivity contribution in [2.75, 3.05) is 31.1 Å². The second-order valence-electron chi connectivity index (χ2n) is 14.7. The standard InChI is InChI=1S/C42H61N5O/c1-45-41(36-23-21-22-35(32-36)34-43)44-40-26-25-38(33-39(40)42(45)48)47-31-30-46-28-20-18-16-14-12-10-8-6-4-2-3-5-7-9-11-13-15-17-19-24-37(47)27-29-46/h21-23,25-26,32-33,37H,2-20,24,27-31H2,1H3. The maximum Gasteiger partial charge on any atom is 0.261 e. The summed E-state index contributed by atoms with van der Waals surface area (Å²) in [4.78, 5) is 24.0. The third-order valence-electron chi connectivity index (χ3n) is 11.0. The molecule has 48 heavy (non-hydrogen) atoms. The molecule has 260 valence electrons. The van der Waals surface area contributed by atoms with Crippen LogP contribution in [0.2, 0.25) is 0 Å². The molecule has 0 saturated carbocycles. The van der Waals surface area contributed by atoms with Gasteiger partial charge in [-0.1, -0.05) is 128 Å². The zero-order chi connectivity index (χ0) is 33.4. The minimum atomic E-state index is -0.0376. The van der Waals surface area contributed by atoms with E-state index in [1.54, 1.807) is 23.7 Å². The van der Waals surface area contributed by atoms with E-state index in [4.69, 9.17) is 4.98 Å². The van der Waals surface area contributed by atoms with Crippen molar-refractivity contribution in [1.29, 1.82) is 5.26 Å². The zero-order valence-electron chi connectivity index (χ0n) is 29.9. The first-order valence-corrected chi connectivity index (χ1v) is 19.6. The SMILES string of the molecule is Cn1c(-c2cccc(C#N)c2)nc2ccc(N3CCN4CCCCCCCCCCCCCCCCCCCCCC3CC4)cc2c1=O. The van der Waals surface area contributed by atoms with Gasteiger partial charge in [0.1, 0.15) is 5.82 Å². The Hall–Kier alpha value is -3.17. The molecule has 2 unspecified atom stereocenters. The van der Waals surface area contributed by atoms with Crippen LogP contribution in [0.4, 0.5) is 5.69 Å². The molecule has 0 spiro atoms. The molecule has 6 heteroatoms. The van der Waals surface area contributed by atoms with Crippen molar-refractivity contribution >= 4 is 16.6 Å². The number of hydrogen-bond acceptors (Lipinski definition) is 5. The minimum Gasteiger partial charge on any atom is -0.367 e. The summed E-state index contributed by atoms with van der Waals surface area (Å²) in [7, 11) is 1.79. The van der Waals surface area contributed by atoms with Gasteiger partial charge in [-0.3, -0.25) is 9.36 Å². The predicted molar refractivity (Wildman–Crippen MR) is 202 cm³/mol. The lowest BCUT2D eigenvalue weighted by molar-refractivity contribution is 0.281. The van der Waals surface area contributed by atoms with Gasteiger partial charge in [-0.15, -0.1) is 0 Å². The van der Waals surface area contributed by atoms with E-state index < -0.39 is 0 Å². The molecule has 3 aromatic rings. The first-order chi connectivity index (χ1) is 23.6. The Morgan fingerprint density at radius 2 is 1.27 bits per heavy atom. The fraction of sp³-hybridized carbons (Fsp3) is 0.643. The zero-order valence-corrected chi connectivity index (χ0v) is 29.9. The predicted octanol–water partition coefficient (Wildman–Crippen LogP) is 10.2. The molecule has 2 bridgehead atoms. The van der Waals surface area contributed by atoms with E-state index in [-0.39, 0.29) is 5.56 Å². The largest absolute Gasteiger partial charge is 0.367 e. The summed E-state index contributed by atoms with van der Waals surface area (Å²) in [6.07, 6.45) is 28.9. The van der Waals surface area contributed by atoms with Gasteiger partial charge in [0, 0.05) is 44.0 Å². The highest BCUT2D eigenvalue weighted by Crippen LogP contribution is 2.28. The molecule has 2 aliphatic heterocycles. The summed E-state index contributed by atoms with van der Waals surface area (Å²) in [6.45, 7) is 4.46. The van der Waals surface area contributed by atoms with Crippen LogP contribution in [0.1, 0.15) is 140 Å². The van der Waals surface area contributed by atoms with Crippen molar-refractivity contribution in [3.8, 4) is 17.5 Å². The molecular formula is C42H61N5O. The van der Waals surface area contributed by atoms with Crippen LogP contribution in [0.25, 0.3) is 22.3 Å². The van der Waals surface area contributed by atoms with E-state index in [2.05, 4.69) is 28.0 Å². The molecule has 0 aliphatic carbocycles. The first kappa shape index (κ1) is 36.1. The summed E-state index contributed by atoms with van der Waals surface area (Å²) in [5.41, 5.74) is 3.18. The molecule has 2 fully saturated rings. The van der Waals surface area contributed by atoms with E-state index >= 15 is 0 Å². The second-order valence-corrected chi connectivity index (χ2v) is 14.7. The number of hydrogen-bond donors (Lipinski definition) is 0. The summed E-state index contributed by atoms with van der Waals surface area (Å²) in [5.74, 6) is 0.592. The number of fused-ring (bicyclic) bond motifs is 4. The highest BCUT2D eigenvalue weighted by molar-refractivity contribution is 5.83. The fourth-order valence-electron chi connectivity index (χ4n) is 8.04. The van der Waals surface area contributed by atoms with E-state index in [1.807, 2.05) is 18.2 Å². The van der Waals surface area contributed by atoms with Crippen LogP contribution >= 0.6 is 0 Å². The average Bonchev–Trinajstić information content (AvgIpc) is 3.32. The Labute approximate surface area is 290 Å². The molecule has 2 aromatic carbocycles. The molecule has 0 radical (unpaired) electrons. The van der Waals surface area contributed by atoms with Gasteiger partial charge in [-0.25, -0.2) is 4.98 Å². The number of benzene rings is 2. The molecule has 2 saturated heterocycles. The van der Waals surface area contributed by atoms with Gasteiger partial charge in [0.15, 0.2) is 0 Å². The Balaban J connectivity index is 1.28. The van der Waals surface area contributed by atoms with Crippen molar-refractivity contribution in [1.82, 2.24) is 14.5 Å². The van der Waals surface area contributed by atoms with Gasteiger partial charge >= 0.3 is 0 Å². The van der Waals surface area contributed by atoms with Crippen LogP contribution in [-0.2, 0) is 7.05 Å². The Morgan fingerprint density at radius 3 is 1.90 bits per heavy atom. The van der Waals surface area contributed by atoms with Crippen molar-refractivity contribution in [2.45, 2.75) is 141 Å². The van der Waals surface area contributed by atoms with Crippen molar-refractivity contribution in [2.24, 2.45) is 7.05 Å². The second kappa shape index (κ2) is 19.7. The molecule has 5 rings (SSSR count). The van der Waals surface area contributed by atoms with Crippen molar-refractivity contribution in [3.05, 3.63) is 58.4 Å². The lowest BCUT2D eigenvalue weighted by Gasteiger charge is -2.32. The number of nitriles is 1. The highest BCUT2D eigenvalue weighted by Gasteiger charge is 2.25. The quantitative estimate of drug-likeness (QED) is 0.276. The van der Waals surface area contributed by atoms with Crippen LogP contribution < -0.4 is 10.5 Å². The van der Waals surface area contributed by atoms with Crippen LogP contribution in [-0.4, -0.2) is 46.7 Å². The number of anilines is 1. The Kier molecular flexibility index (Phi) is 14.8. The summed E-state index contributed by atoms with van der Waals surface area (Å²) < 4.78 is 1.64. The van der Waals surface area contributed by atoms with Crippen molar-refractivity contribution < 1.29 is 0 Å². The maximum atomic E-state index is 13.7. The lowest BCUT2D eigenvalue weighted by atomic mass is 10.0. The number of rotatable bonds is 2. The van der Waals surface area contributed by atoms with Gasteiger partial charge < -0.3 is 9.80 Å². The molecule has 0 N–H and O–H groups in total. The number of nitrogens with zero attached hydrogens (tertiary/aromatic N) is 5. The molecule has 2 aliphatic rings. The molecule has 1 aromatic heterocycles. The fourth-order valence-corrected chi connectivity index (χ4v) is 8.04. The van der Waals surface area contributed by atoms with Gasteiger partial charge in [-0.05, 0) is 56.1 Å². The Morgan fingerprint density at radius 1 is 0.667 bits per heavy atom. The monoisotopic (exact) mass is 651 g/mol. The van der Waals surface area contributed by atoms with Crippen molar-refractivity contribution in [3.63, 3.8) is 0 Å². The van der Waals surface area contributed by atoms with E-state index in [9.17, 15) is 10.1 Å². The normalized spacial score (nSPS) is 22.3. The maximum absolute atomic E-state index is 13.7. The van der Waals surface area contributed by atoms with Crippen LogP contribution in [0, 0.1) is 11.3 Å². The molecule has 3 heterocycles. The first-order valence-electron chi connectivity index (χ1n) is 19.6.